The normalized spacial score (nSPS) is 10.5. The molecule has 0 aliphatic heterocycles. The van der Waals surface area contributed by atoms with Crippen molar-refractivity contribution >= 4 is 5.97 Å². The van der Waals surface area contributed by atoms with E-state index in [0.717, 1.165) is 0 Å². The molecule has 0 saturated heterocycles. The predicted octanol–water partition coefficient (Wildman–Crippen LogP) is 3.33. The van der Waals surface area contributed by atoms with Gasteiger partial charge in [0.1, 0.15) is 5.82 Å². The van der Waals surface area contributed by atoms with Gasteiger partial charge in [0.05, 0.1) is 12.7 Å². The fourth-order valence-electron chi connectivity index (χ4n) is 1.92. The van der Waals surface area contributed by atoms with E-state index in [2.05, 4.69) is 14.9 Å². The van der Waals surface area contributed by atoms with Gasteiger partial charge in [-0.25, -0.2) is 9.18 Å². The number of methoxy groups -OCH3 is 1. The number of carbonyl (C=O) groups excluding carboxylic acids is 1. The Hall–Kier alpha value is -3.02. The van der Waals surface area contributed by atoms with Crippen LogP contribution >= 0.6 is 0 Å². The maximum atomic E-state index is 12.9. The first kappa shape index (κ1) is 13.9. The molecule has 0 amide bonds. The number of halogens is 1. The van der Waals surface area contributed by atoms with Crippen LogP contribution in [-0.4, -0.2) is 23.2 Å². The Labute approximate surface area is 125 Å². The molecule has 0 saturated carbocycles. The second-order valence-electron chi connectivity index (χ2n) is 4.50. The number of hydrogen-bond donors (Lipinski definition) is 0. The van der Waals surface area contributed by atoms with Gasteiger partial charge in [-0.15, -0.1) is 0 Å². The summed E-state index contributed by atoms with van der Waals surface area (Å²) in [5.74, 6) is -0.0577. The summed E-state index contributed by atoms with van der Waals surface area (Å²) < 4.78 is 22.7. The number of hydrogen-bond acceptors (Lipinski definition) is 5. The van der Waals surface area contributed by atoms with E-state index in [1.807, 2.05) is 0 Å². The van der Waals surface area contributed by atoms with Crippen molar-refractivity contribution in [2.24, 2.45) is 0 Å². The lowest BCUT2D eigenvalue weighted by Gasteiger charge is -1.99. The fourth-order valence-corrected chi connectivity index (χ4v) is 1.92. The maximum Gasteiger partial charge on any atom is 0.337 e. The van der Waals surface area contributed by atoms with Crippen LogP contribution in [0.3, 0.4) is 0 Å². The number of carbonyl (C=O) groups is 1. The average Bonchev–Trinajstić information content (AvgIpc) is 3.05. The van der Waals surface area contributed by atoms with E-state index in [-0.39, 0.29) is 5.82 Å². The first-order valence-corrected chi connectivity index (χ1v) is 6.46. The summed E-state index contributed by atoms with van der Waals surface area (Å²) in [5.41, 5.74) is 1.76. The molecule has 6 heteroatoms. The van der Waals surface area contributed by atoms with Crippen LogP contribution in [0.15, 0.2) is 53.1 Å². The van der Waals surface area contributed by atoms with Crippen LogP contribution in [0.2, 0.25) is 0 Å². The first-order valence-electron chi connectivity index (χ1n) is 6.46. The molecule has 0 aliphatic carbocycles. The summed E-state index contributed by atoms with van der Waals surface area (Å²) in [4.78, 5) is 15.6. The van der Waals surface area contributed by atoms with E-state index in [1.54, 1.807) is 36.4 Å². The molecular weight excluding hydrogens is 287 g/mol. The highest BCUT2D eigenvalue weighted by Gasteiger charge is 2.12. The van der Waals surface area contributed by atoms with Gasteiger partial charge >= 0.3 is 5.97 Å². The van der Waals surface area contributed by atoms with Crippen molar-refractivity contribution in [3.8, 4) is 22.8 Å². The highest BCUT2D eigenvalue weighted by Crippen LogP contribution is 2.22. The average molecular weight is 298 g/mol. The van der Waals surface area contributed by atoms with Gasteiger partial charge in [-0.3, -0.25) is 0 Å². The Morgan fingerprint density at radius 1 is 1.05 bits per heavy atom. The molecule has 3 aromatic rings. The molecule has 0 aliphatic rings. The van der Waals surface area contributed by atoms with Crippen molar-refractivity contribution in [3.63, 3.8) is 0 Å². The zero-order chi connectivity index (χ0) is 15.5. The van der Waals surface area contributed by atoms with Crippen molar-refractivity contribution in [3.05, 3.63) is 59.9 Å². The Kier molecular flexibility index (Phi) is 3.65. The van der Waals surface area contributed by atoms with Gasteiger partial charge in [0.15, 0.2) is 0 Å². The van der Waals surface area contributed by atoms with Crippen LogP contribution in [0.25, 0.3) is 22.8 Å². The summed E-state index contributed by atoms with van der Waals surface area (Å²) in [5, 5.41) is 3.87. The topological polar surface area (TPSA) is 65.2 Å². The summed E-state index contributed by atoms with van der Waals surface area (Å²) in [7, 11) is 1.32. The highest BCUT2D eigenvalue weighted by atomic mass is 19.1. The minimum Gasteiger partial charge on any atom is -0.465 e. The van der Waals surface area contributed by atoms with Gasteiger partial charge in [-0.1, -0.05) is 5.16 Å². The third-order valence-electron chi connectivity index (χ3n) is 3.08. The zero-order valence-corrected chi connectivity index (χ0v) is 11.6. The van der Waals surface area contributed by atoms with Gasteiger partial charge < -0.3 is 9.26 Å². The van der Waals surface area contributed by atoms with Crippen molar-refractivity contribution in [2.75, 3.05) is 7.11 Å². The van der Waals surface area contributed by atoms with E-state index >= 15 is 0 Å². The number of esters is 1. The van der Waals surface area contributed by atoms with Crippen molar-refractivity contribution < 1.29 is 18.4 Å². The minimum absolute atomic E-state index is 0.316. The van der Waals surface area contributed by atoms with Crippen LogP contribution in [-0.2, 0) is 4.74 Å². The third kappa shape index (κ3) is 2.71. The van der Waals surface area contributed by atoms with Crippen LogP contribution in [0.1, 0.15) is 10.4 Å². The predicted molar refractivity (Wildman–Crippen MR) is 76.5 cm³/mol. The molecule has 0 radical (unpaired) electrons. The molecule has 3 rings (SSSR count). The lowest BCUT2D eigenvalue weighted by molar-refractivity contribution is 0.0600. The van der Waals surface area contributed by atoms with E-state index in [9.17, 15) is 9.18 Å². The molecule has 1 aromatic heterocycles. The van der Waals surface area contributed by atoms with Crippen LogP contribution < -0.4 is 0 Å². The Morgan fingerprint density at radius 2 is 1.68 bits per heavy atom. The lowest BCUT2D eigenvalue weighted by atomic mass is 10.1. The van der Waals surface area contributed by atoms with Gasteiger partial charge in [0, 0.05) is 11.1 Å². The standard InChI is InChI=1S/C16H11FN2O3/c1-21-16(20)12-4-2-11(3-5-12)15-18-14(19-22-15)10-6-8-13(17)9-7-10/h2-9H,1H3. The summed E-state index contributed by atoms with van der Waals surface area (Å²) in [6, 6.07) is 12.4. The largest absolute Gasteiger partial charge is 0.465 e. The van der Waals surface area contributed by atoms with E-state index in [0.29, 0.717) is 28.4 Å². The first-order chi connectivity index (χ1) is 10.7. The zero-order valence-electron chi connectivity index (χ0n) is 11.6. The molecule has 2 aromatic carbocycles. The molecular formula is C16H11FN2O3. The Balaban J connectivity index is 1.87. The van der Waals surface area contributed by atoms with Crippen LogP contribution in [0, 0.1) is 5.82 Å². The van der Waals surface area contributed by atoms with Gasteiger partial charge in [0.25, 0.3) is 5.89 Å². The monoisotopic (exact) mass is 298 g/mol. The molecule has 0 N–H and O–H groups in total. The lowest BCUT2D eigenvalue weighted by Crippen LogP contribution is -2.00. The second-order valence-corrected chi connectivity index (χ2v) is 4.50. The van der Waals surface area contributed by atoms with Gasteiger partial charge in [-0.2, -0.15) is 4.98 Å². The van der Waals surface area contributed by atoms with Gasteiger partial charge in [0.2, 0.25) is 5.82 Å². The molecule has 5 nitrogen and oxygen atoms in total. The summed E-state index contributed by atoms with van der Waals surface area (Å²) >= 11 is 0. The van der Waals surface area contributed by atoms with Crippen molar-refractivity contribution in [1.29, 1.82) is 0 Å². The molecule has 0 atom stereocenters. The van der Waals surface area contributed by atoms with Crippen molar-refractivity contribution in [1.82, 2.24) is 10.1 Å². The molecule has 0 spiro atoms. The quantitative estimate of drug-likeness (QED) is 0.694. The maximum absolute atomic E-state index is 12.9. The number of nitrogens with zero attached hydrogens (tertiary/aromatic N) is 2. The van der Waals surface area contributed by atoms with E-state index < -0.39 is 5.97 Å². The Bertz CT molecular complexity index is 795. The SMILES string of the molecule is COC(=O)c1ccc(-c2nc(-c3ccc(F)cc3)no2)cc1. The molecule has 0 fully saturated rings. The number of aromatic nitrogens is 2. The highest BCUT2D eigenvalue weighted by molar-refractivity contribution is 5.89. The summed E-state index contributed by atoms with van der Waals surface area (Å²) in [6.07, 6.45) is 0. The number of benzene rings is 2. The number of rotatable bonds is 3. The third-order valence-corrected chi connectivity index (χ3v) is 3.08. The summed E-state index contributed by atoms with van der Waals surface area (Å²) in [6.45, 7) is 0. The van der Waals surface area contributed by atoms with Crippen molar-refractivity contribution in [2.45, 2.75) is 0 Å². The van der Waals surface area contributed by atoms with E-state index in [4.69, 9.17) is 4.52 Å². The molecule has 110 valence electrons. The molecule has 22 heavy (non-hydrogen) atoms. The molecule has 0 bridgehead atoms. The minimum atomic E-state index is -0.413. The molecule has 0 unspecified atom stereocenters. The smallest absolute Gasteiger partial charge is 0.337 e. The van der Waals surface area contributed by atoms with Gasteiger partial charge in [-0.05, 0) is 48.5 Å². The van der Waals surface area contributed by atoms with Crippen LogP contribution in [0.5, 0.6) is 0 Å². The fraction of sp³-hybridized carbons (Fsp3) is 0.0625. The number of ether oxygens (including phenoxy) is 1. The second kappa shape index (κ2) is 5.77. The Morgan fingerprint density at radius 3 is 2.32 bits per heavy atom. The van der Waals surface area contributed by atoms with E-state index in [1.165, 1.54) is 19.2 Å². The van der Waals surface area contributed by atoms with Crippen LogP contribution in [0.4, 0.5) is 4.39 Å². The molecule has 1 heterocycles.